The summed E-state index contributed by atoms with van der Waals surface area (Å²) < 4.78 is 5.23. The number of aromatic nitrogens is 1. The Morgan fingerprint density at radius 3 is 1.51 bits per heavy atom. The van der Waals surface area contributed by atoms with Crippen molar-refractivity contribution in [2.45, 2.75) is 0 Å². The Labute approximate surface area is 333 Å². The third kappa shape index (κ3) is 3.66. The summed E-state index contributed by atoms with van der Waals surface area (Å²) in [5.74, 6) is 0. The van der Waals surface area contributed by atoms with E-state index in [9.17, 15) is 0 Å². The zero-order valence-electron chi connectivity index (χ0n) is 30.8. The monoisotopic (exact) mass is 753 g/mol. The minimum Gasteiger partial charge on any atom is -0.308 e. The number of para-hydroxylation sites is 2. The average Bonchev–Trinajstić information content (AvgIpc) is 4.00. The van der Waals surface area contributed by atoms with Gasteiger partial charge in [-0.15, -0.1) is 11.3 Å². The third-order valence-corrected chi connectivity index (χ3v) is 19.5. The molecule has 1 spiro atoms. The van der Waals surface area contributed by atoms with Crippen molar-refractivity contribution in [3.63, 3.8) is 0 Å². The minimum absolute atomic E-state index is 1.22. The fourth-order valence-corrected chi connectivity index (χ4v) is 18.0. The van der Waals surface area contributed by atoms with Crippen LogP contribution in [0.4, 0.5) is 0 Å². The van der Waals surface area contributed by atoms with Gasteiger partial charge in [0.2, 0.25) is 0 Å². The summed E-state index contributed by atoms with van der Waals surface area (Å²) in [4.78, 5) is 0. The molecule has 3 heteroatoms. The normalized spacial score (nSPS) is 13.8. The quantitative estimate of drug-likeness (QED) is 0.147. The van der Waals surface area contributed by atoms with Crippen LogP contribution in [-0.2, 0) is 0 Å². The van der Waals surface area contributed by atoms with Gasteiger partial charge in [0, 0.05) is 41.7 Å². The molecule has 2 aliphatic heterocycles. The van der Waals surface area contributed by atoms with Crippen LogP contribution in [0, 0.1) is 0 Å². The van der Waals surface area contributed by atoms with Gasteiger partial charge in [-0.1, -0.05) is 152 Å². The van der Waals surface area contributed by atoms with Crippen LogP contribution in [0.15, 0.2) is 188 Å². The van der Waals surface area contributed by atoms with Gasteiger partial charge in [0.25, 0.3) is 0 Å². The molecule has 0 amide bonds. The lowest BCUT2D eigenvalue weighted by Crippen LogP contribution is -2.70. The Morgan fingerprint density at radius 1 is 0.333 bits per heavy atom. The maximum Gasteiger partial charge on any atom is 0.182 e. The predicted octanol–water partition coefficient (Wildman–Crippen LogP) is 11.9. The molecule has 0 unspecified atom stereocenters. The molecular weight excluding hydrogens is 723 g/mol. The van der Waals surface area contributed by atoms with Gasteiger partial charge in [0.15, 0.2) is 8.07 Å². The Balaban J connectivity index is 1.07. The number of benzene rings is 9. The molecule has 12 aromatic rings. The van der Waals surface area contributed by atoms with E-state index in [0.29, 0.717) is 0 Å². The summed E-state index contributed by atoms with van der Waals surface area (Å²) in [6.07, 6.45) is 0. The smallest absolute Gasteiger partial charge is 0.182 e. The molecule has 0 N–H and O–H groups in total. The molecular formula is C54H31NSSi. The van der Waals surface area contributed by atoms with E-state index in [0.717, 1.165) is 0 Å². The number of thiophene rings is 1. The summed E-state index contributed by atoms with van der Waals surface area (Å²) in [7, 11) is -2.46. The van der Waals surface area contributed by atoms with E-state index < -0.39 is 8.07 Å². The van der Waals surface area contributed by atoms with Crippen LogP contribution in [0.25, 0.3) is 102 Å². The van der Waals surface area contributed by atoms with E-state index in [2.05, 4.69) is 192 Å². The third-order valence-electron chi connectivity index (χ3n) is 13.4. The Hall–Kier alpha value is -6.78. The summed E-state index contributed by atoms with van der Waals surface area (Å²) in [6.45, 7) is 0. The van der Waals surface area contributed by atoms with Gasteiger partial charge in [-0.2, -0.15) is 0 Å². The van der Waals surface area contributed by atoms with Crippen molar-refractivity contribution < 1.29 is 0 Å². The van der Waals surface area contributed by atoms with Crippen molar-refractivity contribution in [1.82, 2.24) is 4.40 Å². The number of nitrogens with zero attached hydrogens (tertiary/aromatic N) is 1. The van der Waals surface area contributed by atoms with Crippen molar-refractivity contribution in [2.75, 3.05) is 0 Å². The molecule has 262 valence electrons. The van der Waals surface area contributed by atoms with E-state index in [1.807, 2.05) is 11.3 Å². The van der Waals surface area contributed by atoms with Gasteiger partial charge in [-0.25, -0.2) is 0 Å². The highest BCUT2D eigenvalue weighted by atomic mass is 32.1. The van der Waals surface area contributed by atoms with E-state index in [1.165, 1.54) is 123 Å². The summed E-state index contributed by atoms with van der Waals surface area (Å²) in [6, 6.07) is 71.9. The largest absolute Gasteiger partial charge is 0.308 e. The lowest BCUT2D eigenvalue weighted by atomic mass is 9.97. The van der Waals surface area contributed by atoms with Crippen LogP contribution < -0.4 is 20.7 Å². The van der Waals surface area contributed by atoms with Crippen molar-refractivity contribution in [3.05, 3.63) is 188 Å². The zero-order valence-corrected chi connectivity index (χ0v) is 32.6. The standard InChI is InChI=1S/C54H31NSSi/c1-5-20-44-34(12-1)38-16-10-21-46-52(38)53-39(17-11-22-47(53)56-46)40-18-9-19-41-42-30-32(26-28-45(42)55(44)54(40)41)33-27-29-51-43(31-33)37-15-4-8-25-50(37)57(51)48-23-6-2-13-35(48)36-14-3-7-24-49(36)57/h1-31H. The SMILES string of the molecule is c1ccc2c(c1)-c1ccccc1[Si]21c2ccccc2-c2cc(-c3ccc4c(c3)c3cccc5c6cccc7sc8cccc(c9ccccc9n4c53)c8c76)ccc21. The molecule has 3 aromatic heterocycles. The molecule has 0 atom stereocenters. The molecule has 57 heavy (non-hydrogen) atoms. The molecule has 2 aliphatic rings. The number of hydrogen-bond acceptors (Lipinski definition) is 1. The first-order chi connectivity index (χ1) is 28.3. The van der Waals surface area contributed by atoms with Crippen LogP contribution in [0.3, 0.4) is 0 Å². The van der Waals surface area contributed by atoms with E-state index >= 15 is 0 Å². The van der Waals surface area contributed by atoms with Gasteiger partial charge in [0.05, 0.1) is 16.6 Å². The highest BCUT2D eigenvalue weighted by Crippen LogP contribution is 2.45. The first kappa shape index (κ1) is 30.4. The van der Waals surface area contributed by atoms with Gasteiger partial charge >= 0.3 is 0 Å². The second-order valence-electron chi connectivity index (χ2n) is 15.9. The van der Waals surface area contributed by atoms with Gasteiger partial charge < -0.3 is 4.40 Å². The summed E-state index contributed by atoms with van der Waals surface area (Å²) >= 11 is 1.90. The first-order valence-electron chi connectivity index (χ1n) is 19.8. The van der Waals surface area contributed by atoms with Crippen molar-refractivity contribution >= 4 is 109 Å². The van der Waals surface area contributed by atoms with Crippen LogP contribution in [0.5, 0.6) is 0 Å². The molecule has 0 fully saturated rings. The highest BCUT2D eigenvalue weighted by molar-refractivity contribution is 7.26. The Morgan fingerprint density at radius 2 is 0.807 bits per heavy atom. The molecule has 14 rings (SSSR count). The molecule has 9 aromatic carbocycles. The fraction of sp³-hybridized carbons (Fsp3) is 0. The van der Waals surface area contributed by atoms with E-state index in [1.54, 1.807) is 0 Å². The Kier molecular flexibility index (Phi) is 5.74. The first-order valence-corrected chi connectivity index (χ1v) is 22.7. The molecule has 0 bridgehead atoms. The van der Waals surface area contributed by atoms with Crippen LogP contribution in [0.1, 0.15) is 0 Å². The van der Waals surface area contributed by atoms with Crippen molar-refractivity contribution in [1.29, 1.82) is 0 Å². The summed E-state index contributed by atoms with van der Waals surface area (Å²) in [5, 5.41) is 16.5. The van der Waals surface area contributed by atoms with Gasteiger partial charge in [-0.3, -0.25) is 0 Å². The van der Waals surface area contributed by atoms with E-state index in [4.69, 9.17) is 0 Å². The molecule has 1 nitrogen and oxygen atoms in total. The molecule has 0 radical (unpaired) electrons. The predicted molar refractivity (Wildman–Crippen MR) is 247 cm³/mol. The fourth-order valence-electron chi connectivity index (χ4n) is 11.2. The number of fused-ring (bicyclic) bond motifs is 17. The average molecular weight is 754 g/mol. The van der Waals surface area contributed by atoms with Crippen molar-refractivity contribution in [3.8, 4) is 33.4 Å². The van der Waals surface area contributed by atoms with Gasteiger partial charge in [0.1, 0.15) is 0 Å². The van der Waals surface area contributed by atoms with Crippen LogP contribution in [0.2, 0.25) is 0 Å². The maximum absolute atomic E-state index is 2.55. The Bertz CT molecular complexity index is 3730. The lowest BCUT2D eigenvalue weighted by Gasteiger charge is -2.27. The second-order valence-corrected chi connectivity index (χ2v) is 20.6. The summed E-state index contributed by atoms with van der Waals surface area (Å²) in [5.41, 5.74) is 11.8. The highest BCUT2D eigenvalue weighted by Gasteiger charge is 2.53. The number of rotatable bonds is 1. The van der Waals surface area contributed by atoms with Gasteiger partial charge in [-0.05, 0) is 101 Å². The molecule has 5 heterocycles. The number of hydrogen-bond donors (Lipinski definition) is 0. The van der Waals surface area contributed by atoms with E-state index in [-0.39, 0.29) is 0 Å². The molecule has 0 saturated carbocycles. The van der Waals surface area contributed by atoms with Crippen molar-refractivity contribution in [2.24, 2.45) is 0 Å². The maximum atomic E-state index is 2.55. The van der Waals surface area contributed by atoms with Crippen LogP contribution >= 0.6 is 11.3 Å². The topological polar surface area (TPSA) is 4.41 Å². The molecule has 0 aliphatic carbocycles. The second kappa shape index (κ2) is 10.7. The lowest BCUT2D eigenvalue weighted by molar-refractivity contribution is 1.35. The zero-order chi connectivity index (χ0) is 37.0. The van der Waals surface area contributed by atoms with Crippen LogP contribution in [-0.4, -0.2) is 12.5 Å². The molecule has 0 saturated heterocycles. The minimum atomic E-state index is -2.46.